The van der Waals surface area contributed by atoms with Gasteiger partial charge in [-0.05, 0) is 43.3 Å². The maximum absolute atomic E-state index is 13.5. The van der Waals surface area contributed by atoms with Gasteiger partial charge in [0.15, 0.2) is 6.10 Å². The molecule has 136 valence electrons. The normalized spacial score (nSPS) is 11.5. The van der Waals surface area contributed by atoms with Gasteiger partial charge in [0.1, 0.15) is 5.82 Å². The average molecular weight is 399 g/mol. The van der Waals surface area contributed by atoms with Gasteiger partial charge in [0.05, 0.1) is 15.6 Å². The van der Waals surface area contributed by atoms with Crippen molar-refractivity contribution in [1.29, 1.82) is 0 Å². The smallest absolute Gasteiger partial charge is 0.340 e. The fourth-order valence-electron chi connectivity index (χ4n) is 1.92. The van der Waals surface area contributed by atoms with Crippen molar-refractivity contribution >= 4 is 46.7 Å². The van der Waals surface area contributed by atoms with Crippen LogP contribution in [0, 0.1) is 5.82 Å². The van der Waals surface area contributed by atoms with E-state index in [4.69, 9.17) is 33.7 Å². The standard InChI is InChI=1S/C17H13Cl2FN2O4/c1-8(16(24)22-10-4-2-9(3-5-10)15(21)23)26-17(25)11-6-14(20)13(19)7-12(11)18/h2-8H,1H3,(H2,21,23)(H,22,24). The molecule has 0 heterocycles. The van der Waals surface area contributed by atoms with Crippen LogP contribution in [0.4, 0.5) is 10.1 Å². The van der Waals surface area contributed by atoms with Gasteiger partial charge >= 0.3 is 5.97 Å². The maximum atomic E-state index is 13.5. The monoisotopic (exact) mass is 398 g/mol. The summed E-state index contributed by atoms with van der Waals surface area (Å²) in [5, 5.41) is 2.16. The van der Waals surface area contributed by atoms with Crippen molar-refractivity contribution in [3.63, 3.8) is 0 Å². The van der Waals surface area contributed by atoms with Crippen LogP contribution in [0.5, 0.6) is 0 Å². The minimum Gasteiger partial charge on any atom is -0.449 e. The predicted octanol–water partition coefficient (Wildman–Crippen LogP) is 3.42. The van der Waals surface area contributed by atoms with Crippen LogP contribution in [0.2, 0.25) is 10.0 Å². The third-order valence-electron chi connectivity index (χ3n) is 3.32. The predicted molar refractivity (Wildman–Crippen MR) is 94.9 cm³/mol. The van der Waals surface area contributed by atoms with Gasteiger partial charge in [-0.2, -0.15) is 0 Å². The van der Waals surface area contributed by atoms with E-state index in [-0.39, 0.29) is 21.2 Å². The van der Waals surface area contributed by atoms with Gasteiger partial charge in [-0.3, -0.25) is 9.59 Å². The van der Waals surface area contributed by atoms with E-state index in [1.807, 2.05) is 0 Å². The summed E-state index contributed by atoms with van der Waals surface area (Å²) in [6, 6.07) is 7.71. The van der Waals surface area contributed by atoms with Gasteiger partial charge in [0, 0.05) is 11.3 Å². The minimum atomic E-state index is -1.19. The Labute approximate surface area is 158 Å². The molecule has 0 bridgehead atoms. The second-order valence-corrected chi connectivity index (χ2v) is 6.04. The Bertz CT molecular complexity index is 872. The molecule has 26 heavy (non-hydrogen) atoms. The van der Waals surface area contributed by atoms with E-state index in [2.05, 4.69) is 5.32 Å². The van der Waals surface area contributed by atoms with Gasteiger partial charge < -0.3 is 15.8 Å². The Hall–Kier alpha value is -2.64. The lowest BCUT2D eigenvalue weighted by molar-refractivity contribution is -0.123. The van der Waals surface area contributed by atoms with Crippen LogP contribution >= 0.6 is 23.2 Å². The Morgan fingerprint density at radius 2 is 1.73 bits per heavy atom. The van der Waals surface area contributed by atoms with Crippen molar-refractivity contribution < 1.29 is 23.5 Å². The summed E-state index contributed by atoms with van der Waals surface area (Å²) in [5.41, 5.74) is 5.53. The first-order valence-electron chi connectivity index (χ1n) is 7.25. The first-order valence-corrected chi connectivity index (χ1v) is 8.01. The molecule has 9 heteroatoms. The summed E-state index contributed by atoms with van der Waals surface area (Å²) >= 11 is 11.4. The second kappa shape index (κ2) is 8.16. The number of ether oxygens (including phenoxy) is 1. The number of hydrogen-bond donors (Lipinski definition) is 2. The van der Waals surface area contributed by atoms with E-state index in [0.29, 0.717) is 5.69 Å². The molecular weight excluding hydrogens is 386 g/mol. The van der Waals surface area contributed by atoms with Crippen molar-refractivity contribution in [2.24, 2.45) is 5.73 Å². The molecule has 0 spiro atoms. The zero-order chi connectivity index (χ0) is 19.4. The molecule has 3 N–H and O–H groups in total. The Morgan fingerprint density at radius 1 is 1.12 bits per heavy atom. The molecule has 0 radical (unpaired) electrons. The number of nitrogens with one attached hydrogen (secondary N) is 1. The number of esters is 1. The summed E-state index contributed by atoms with van der Waals surface area (Å²) in [6.45, 7) is 1.34. The largest absolute Gasteiger partial charge is 0.449 e. The number of benzene rings is 2. The number of amides is 2. The highest BCUT2D eigenvalue weighted by Gasteiger charge is 2.22. The Balaban J connectivity index is 2.03. The molecule has 2 aromatic rings. The zero-order valence-corrected chi connectivity index (χ0v) is 14.9. The second-order valence-electron chi connectivity index (χ2n) is 5.22. The van der Waals surface area contributed by atoms with Crippen molar-refractivity contribution in [2.75, 3.05) is 5.32 Å². The summed E-state index contributed by atoms with van der Waals surface area (Å²) in [7, 11) is 0. The highest BCUT2D eigenvalue weighted by Crippen LogP contribution is 2.25. The van der Waals surface area contributed by atoms with E-state index in [1.54, 1.807) is 0 Å². The van der Waals surface area contributed by atoms with Crippen LogP contribution in [-0.4, -0.2) is 23.9 Å². The first kappa shape index (κ1) is 19.7. The molecule has 0 aliphatic rings. The molecule has 0 fully saturated rings. The summed E-state index contributed by atoms with van der Waals surface area (Å²) in [4.78, 5) is 35.2. The van der Waals surface area contributed by atoms with Crippen LogP contribution in [0.15, 0.2) is 36.4 Å². The number of halogens is 3. The van der Waals surface area contributed by atoms with Gasteiger partial charge in [0.2, 0.25) is 5.91 Å². The van der Waals surface area contributed by atoms with Crippen LogP contribution in [0.25, 0.3) is 0 Å². The number of carbonyl (C=O) groups excluding carboxylic acids is 3. The van der Waals surface area contributed by atoms with Crippen LogP contribution < -0.4 is 11.1 Å². The van der Waals surface area contributed by atoms with E-state index in [1.165, 1.54) is 31.2 Å². The average Bonchev–Trinajstić information content (AvgIpc) is 2.58. The van der Waals surface area contributed by atoms with Crippen molar-refractivity contribution in [3.05, 3.63) is 63.4 Å². The number of primary amides is 1. The molecule has 0 aromatic heterocycles. The van der Waals surface area contributed by atoms with Crippen LogP contribution in [0.1, 0.15) is 27.6 Å². The lowest BCUT2D eigenvalue weighted by atomic mass is 10.2. The number of nitrogens with two attached hydrogens (primary N) is 1. The molecule has 2 amide bonds. The van der Waals surface area contributed by atoms with Gasteiger partial charge in [-0.25, -0.2) is 9.18 Å². The van der Waals surface area contributed by atoms with E-state index in [0.717, 1.165) is 12.1 Å². The highest BCUT2D eigenvalue weighted by atomic mass is 35.5. The maximum Gasteiger partial charge on any atom is 0.340 e. The summed E-state index contributed by atoms with van der Waals surface area (Å²) < 4.78 is 18.5. The van der Waals surface area contributed by atoms with Gasteiger partial charge in [-0.15, -0.1) is 0 Å². The van der Waals surface area contributed by atoms with Crippen LogP contribution in [0.3, 0.4) is 0 Å². The number of hydrogen-bond acceptors (Lipinski definition) is 4. The SMILES string of the molecule is CC(OC(=O)c1cc(F)c(Cl)cc1Cl)C(=O)Nc1ccc(C(N)=O)cc1. The van der Waals surface area contributed by atoms with E-state index >= 15 is 0 Å². The summed E-state index contributed by atoms with van der Waals surface area (Å²) in [6.07, 6.45) is -1.19. The van der Waals surface area contributed by atoms with Crippen molar-refractivity contribution in [2.45, 2.75) is 13.0 Å². The molecule has 0 saturated heterocycles. The first-order chi connectivity index (χ1) is 12.2. The zero-order valence-electron chi connectivity index (χ0n) is 13.4. The third kappa shape index (κ3) is 4.71. The topological polar surface area (TPSA) is 98.5 Å². The molecule has 0 aliphatic heterocycles. The van der Waals surface area contributed by atoms with Crippen LogP contribution in [-0.2, 0) is 9.53 Å². The lowest BCUT2D eigenvalue weighted by Crippen LogP contribution is -2.30. The molecule has 2 rings (SSSR count). The molecule has 2 aromatic carbocycles. The fourth-order valence-corrected chi connectivity index (χ4v) is 2.38. The molecule has 0 saturated carbocycles. The number of carbonyl (C=O) groups is 3. The van der Waals surface area contributed by atoms with E-state index < -0.39 is 29.7 Å². The minimum absolute atomic E-state index is 0.101. The van der Waals surface area contributed by atoms with Gasteiger partial charge in [0.25, 0.3) is 5.91 Å². The molecule has 6 nitrogen and oxygen atoms in total. The molecule has 1 unspecified atom stereocenters. The van der Waals surface area contributed by atoms with E-state index in [9.17, 15) is 18.8 Å². The molecular formula is C17H13Cl2FN2O4. The quantitative estimate of drug-likeness (QED) is 0.595. The summed E-state index contributed by atoms with van der Waals surface area (Å²) in [5.74, 6) is -3.04. The fraction of sp³-hybridized carbons (Fsp3) is 0.118. The number of anilines is 1. The number of rotatable bonds is 5. The molecule has 1 atom stereocenters. The Morgan fingerprint density at radius 3 is 2.31 bits per heavy atom. The lowest BCUT2D eigenvalue weighted by Gasteiger charge is -2.14. The third-order valence-corrected chi connectivity index (χ3v) is 3.92. The van der Waals surface area contributed by atoms with Crippen molar-refractivity contribution in [3.8, 4) is 0 Å². The Kier molecular flexibility index (Phi) is 6.18. The molecule has 0 aliphatic carbocycles. The highest BCUT2D eigenvalue weighted by molar-refractivity contribution is 6.36. The van der Waals surface area contributed by atoms with Gasteiger partial charge in [-0.1, -0.05) is 23.2 Å². The van der Waals surface area contributed by atoms with Crippen molar-refractivity contribution in [1.82, 2.24) is 0 Å².